The van der Waals surface area contributed by atoms with E-state index in [9.17, 15) is 4.79 Å². The van der Waals surface area contributed by atoms with Gasteiger partial charge in [-0.3, -0.25) is 10.1 Å². The van der Waals surface area contributed by atoms with E-state index < -0.39 is 5.54 Å². The highest BCUT2D eigenvalue weighted by Crippen LogP contribution is 2.34. The molecule has 0 spiro atoms. The fourth-order valence-corrected chi connectivity index (χ4v) is 3.98. The first-order valence-electron chi connectivity index (χ1n) is 8.53. The monoisotopic (exact) mass is 296 g/mol. The number of ether oxygens (including phenoxy) is 1. The van der Waals surface area contributed by atoms with Gasteiger partial charge in [0.05, 0.1) is 7.11 Å². The zero-order valence-electron chi connectivity index (χ0n) is 14.2. The van der Waals surface area contributed by atoms with Gasteiger partial charge in [-0.1, -0.05) is 6.42 Å². The Balaban J connectivity index is 2.02. The van der Waals surface area contributed by atoms with Gasteiger partial charge in [-0.25, -0.2) is 0 Å². The van der Waals surface area contributed by atoms with Crippen molar-refractivity contribution in [2.45, 2.75) is 76.4 Å². The van der Waals surface area contributed by atoms with Gasteiger partial charge in [0.2, 0.25) is 0 Å². The summed E-state index contributed by atoms with van der Waals surface area (Å²) in [4.78, 5) is 14.9. The van der Waals surface area contributed by atoms with Gasteiger partial charge in [0.15, 0.2) is 0 Å². The summed E-state index contributed by atoms with van der Waals surface area (Å²) in [5, 5.41) is 3.51. The van der Waals surface area contributed by atoms with Crippen LogP contribution in [0, 0.1) is 5.92 Å². The van der Waals surface area contributed by atoms with Crippen molar-refractivity contribution in [3.05, 3.63) is 0 Å². The van der Waals surface area contributed by atoms with Crippen LogP contribution in [0.1, 0.15) is 58.8 Å². The first kappa shape index (κ1) is 16.8. The van der Waals surface area contributed by atoms with Crippen LogP contribution in [0.5, 0.6) is 0 Å². The molecule has 4 heteroatoms. The molecule has 2 saturated carbocycles. The predicted octanol–water partition coefficient (Wildman–Crippen LogP) is 2.57. The molecule has 122 valence electrons. The average molecular weight is 296 g/mol. The van der Waals surface area contributed by atoms with Crippen LogP contribution in [0.4, 0.5) is 0 Å². The summed E-state index contributed by atoms with van der Waals surface area (Å²) in [5.74, 6) is 0.792. The van der Waals surface area contributed by atoms with Crippen molar-refractivity contribution in [3.8, 4) is 0 Å². The minimum absolute atomic E-state index is 0.0852. The summed E-state index contributed by atoms with van der Waals surface area (Å²) in [6.07, 6.45) is 8.21. The van der Waals surface area contributed by atoms with Crippen LogP contribution in [0.15, 0.2) is 0 Å². The van der Waals surface area contributed by atoms with Gasteiger partial charge in [-0.15, -0.1) is 0 Å². The molecule has 0 aromatic rings. The van der Waals surface area contributed by atoms with E-state index in [1.807, 2.05) is 0 Å². The highest BCUT2D eigenvalue weighted by Gasteiger charge is 2.45. The van der Waals surface area contributed by atoms with E-state index in [4.69, 9.17) is 4.74 Å². The molecule has 2 rings (SSSR count). The highest BCUT2D eigenvalue weighted by molar-refractivity contribution is 5.81. The number of nitrogens with zero attached hydrogens (tertiary/aromatic N) is 1. The molecular formula is C17H32N2O2. The van der Waals surface area contributed by atoms with Crippen molar-refractivity contribution in [2.75, 3.05) is 20.7 Å². The van der Waals surface area contributed by atoms with Crippen LogP contribution in [0.3, 0.4) is 0 Å². The molecule has 0 heterocycles. The van der Waals surface area contributed by atoms with Crippen molar-refractivity contribution < 1.29 is 9.53 Å². The first-order valence-corrected chi connectivity index (χ1v) is 8.53. The minimum atomic E-state index is -0.486. The SMILES string of the molecule is COC(=O)C1(NC(C)C)CCCC(N(C)CC2CCC2)C1. The van der Waals surface area contributed by atoms with Crippen molar-refractivity contribution in [3.63, 3.8) is 0 Å². The Morgan fingerprint density at radius 1 is 1.33 bits per heavy atom. The Labute approximate surface area is 129 Å². The maximum Gasteiger partial charge on any atom is 0.326 e. The van der Waals surface area contributed by atoms with E-state index in [1.54, 1.807) is 0 Å². The molecule has 0 amide bonds. The lowest BCUT2D eigenvalue weighted by atomic mass is 9.77. The molecule has 4 nitrogen and oxygen atoms in total. The zero-order valence-corrected chi connectivity index (χ0v) is 14.2. The molecule has 21 heavy (non-hydrogen) atoms. The number of methoxy groups -OCH3 is 1. The summed E-state index contributed by atoms with van der Waals surface area (Å²) in [7, 11) is 3.74. The number of nitrogens with one attached hydrogen (secondary N) is 1. The third kappa shape index (κ3) is 3.98. The Morgan fingerprint density at radius 2 is 2.05 bits per heavy atom. The lowest BCUT2D eigenvalue weighted by molar-refractivity contribution is -0.151. The van der Waals surface area contributed by atoms with E-state index in [-0.39, 0.29) is 5.97 Å². The lowest BCUT2D eigenvalue weighted by Crippen LogP contribution is -2.60. The van der Waals surface area contributed by atoms with Crippen LogP contribution in [0.2, 0.25) is 0 Å². The molecule has 0 bridgehead atoms. The second kappa shape index (κ2) is 7.10. The normalized spacial score (nSPS) is 30.5. The van der Waals surface area contributed by atoms with Crippen LogP contribution in [-0.4, -0.2) is 49.2 Å². The van der Waals surface area contributed by atoms with Gasteiger partial charge >= 0.3 is 5.97 Å². The highest BCUT2D eigenvalue weighted by atomic mass is 16.5. The molecular weight excluding hydrogens is 264 g/mol. The lowest BCUT2D eigenvalue weighted by Gasteiger charge is -2.44. The third-order valence-electron chi connectivity index (χ3n) is 5.26. The van der Waals surface area contributed by atoms with Gasteiger partial charge in [0.1, 0.15) is 5.54 Å². The number of hydrogen-bond donors (Lipinski definition) is 1. The Kier molecular flexibility index (Phi) is 5.67. The van der Waals surface area contributed by atoms with Crippen molar-refractivity contribution >= 4 is 5.97 Å². The molecule has 2 aliphatic carbocycles. The van der Waals surface area contributed by atoms with Crippen LogP contribution < -0.4 is 5.32 Å². The Morgan fingerprint density at radius 3 is 2.57 bits per heavy atom. The first-order chi connectivity index (χ1) is 9.97. The van der Waals surface area contributed by atoms with Crippen molar-refractivity contribution in [1.29, 1.82) is 0 Å². The summed E-state index contributed by atoms with van der Waals surface area (Å²) >= 11 is 0. The zero-order chi connectivity index (χ0) is 15.5. The third-order valence-corrected chi connectivity index (χ3v) is 5.26. The number of carbonyl (C=O) groups excluding carboxylic acids is 1. The van der Waals surface area contributed by atoms with Gasteiger partial charge in [-0.2, -0.15) is 0 Å². The summed E-state index contributed by atoms with van der Waals surface area (Å²) in [6, 6.07) is 0.782. The van der Waals surface area contributed by atoms with Gasteiger partial charge < -0.3 is 9.64 Å². The largest absolute Gasteiger partial charge is 0.468 e. The van der Waals surface area contributed by atoms with Gasteiger partial charge in [-0.05, 0) is 65.3 Å². The van der Waals surface area contributed by atoms with Crippen LogP contribution in [-0.2, 0) is 9.53 Å². The molecule has 0 aromatic carbocycles. The number of rotatable bonds is 6. The molecule has 1 N–H and O–H groups in total. The molecule has 2 atom stereocenters. The average Bonchev–Trinajstić information content (AvgIpc) is 2.41. The fraction of sp³-hybridized carbons (Fsp3) is 0.941. The van der Waals surface area contributed by atoms with Crippen molar-refractivity contribution in [2.24, 2.45) is 5.92 Å². The molecule has 0 aromatic heterocycles. The second-order valence-corrected chi connectivity index (χ2v) is 7.36. The second-order valence-electron chi connectivity index (χ2n) is 7.36. The van der Waals surface area contributed by atoms with Crippen molar-refractivity contribution in [1.82, 2.24) is 10.2 Å². The molecule has 0 radical (unpaired) electrons. The minimum Gasteiger partial charge on any atom is -0.468 e. The maximum absolute atomic E-state index is 12.4. The predicted molar refractivity (Wildman–Crippen MR) is 85.2 cm³/mol. The standard InChI is InChI=1S/C17H32N2O2/c1-13(2)18-17(16(20)21-4)10-6-9-15(11-17)19(3)12-14-7-5-8-14/h13-15,18H,5-12H2,1-4H3. The number of carbonyl (C=O) groups is 1. The molecule has 0 saturated heterocycles. The summed E-state index contributed by atoms with van der Waals surface area (Å²) in [5.41, 5.74) is -0.486. The topological polar surface area (TPSA) is 41.6 Å². The smallest absolute Gasteiger partial charge is 0.326 e. The summed E-state index contributed by atoms with van der Waals surface area (Å²) < 4.78 is 5.12. The molecule has 2 unspecified atom stereocenters. The molecule has 0 aliphatic heterocycles. The van der Waals surface area contributed by atoms with Gasteiger partial charge in [0, 0.05) is 18.6 Å². The quantitative estimate of drug-likeness (QED) is 0.765. The Hall–Kier alpha value is -0.610. The van der Waals surface area contributed by atoms with Crippen LogP contribution in [0.25, 0.3) is 0 Å². The molecule has 2 fully saturated rings. The van der Waals surface area contributed by atoms with E-state index >= 15 is 0 Å². The molecule has 2 aliphatic rings. The fourth-order valence-electron chi connectivity index (χ4n) is 3.98. The number of hydrogen-bond acceptors (Lipinski definition) is 4. The maximum atomic E-state index is 12.4. The van der Waals surface area contributed by atoms with E-state index in [2.05, 4.69) is 31.1 Å². The number of esters is 1. The van der Waals surface area contributed by atoms with E-state index in [1.165, 1.54) is 39.3 Å². The van der Waals surface area contributed by atoms with E-state index in [0.29, 0.717) is 12.1 Å². The summed E-state index contributed by atoms with van der Waals surface area (Å²) in [6.45, 7) is 5.39. The van der Waals surface area contributed by atoms with Gasteiger partial charge in [0.25, 0.3) is 0 Å². The van der Waals surface area contributed by atoms with Crippen LogP contribution >= 0.6 is 0 Å². The van der Waals surface area contributed by atoms with E-state index in [0.717, 1.165) is 25.2 Å². The Bertz CT molecular complexity index is 355.